The maximum absolute atomic E-state index is 11.0. The lowest BCUT2D eigenvalue weighted by Crippen LogP contribution is -2.28. The van der Waals surface area contributed by atoms with Crippen molar-refractivity contribution in [1.29, 1.82) is 0 Å². The Hall–Kier alpha value is -0.980. The van der Waals surface area contributed by atoms with Crippen molar-refractivity contribution in [2.24, 2.45) is 11.8 Å². The fraction of sp³-hybridized carbons (Fsp3) is 0.450. The van der Waals surface area contributed by atoms with Gasteiger partial charge in [0.1, 0.15) is 4.88 Å². The van der Waals surface area contributed by atoms with Gasteiger partial charge < -0.3 is 15.5 Å². The molecule has 1 fully saturated rings. The van der Waals surface area contributed by atoms with Gasteiger partial charge in [0, 0.05) is 38.4 Å². The van der Waals surface area contributed by atoms with Crippen LogP contribution >= 0.6 is 46.1 Å². The van der Waals surface area contributed by atoms with Gasteiger partial charge in [-0.2, -0.15) is 0 Å². The Morgan fingerprint density at radius 1 is 1.18 bits per heavy atom. The van der Waals surface area contributed by atoms with Gasteiger partial charge in [0.25, 0.3) is 0 Å². The number of hydrogen-bond acceptors (Lipinski definition) is 4. The van der Waals surface area contributed by atoms with Crippen molar-refractivity contribution in [2.75, 3.05) is 11.9 Å². The van der Waals surface area contributed by atoms with E-state index in [0.717, 1.165) is 29.8 Å². The van der Waals surface area contributed by atoms with E-state index < -0.39 is 12.1 Å². The molecule has 1 aromatic carbocycles. The Balaban J connectivity index is 1.56. The number of hydrogen-bond donors (Lipinski definition) is 3. The standard InChI is InChI=1S/C20H22Cl3NO3S/c21-11-6-12(22)8-13(7-11)24-10-16-15(17(23)9-18(16)25)3-1-2-14-4-5-19(28-14)20(26)27/h4-8,15-18,24-25H,1-3,9-10H2,(H,26,27)/t15-,16?,17-,18-/m1/s1. The van der Waals surface area contributed by atoms with Gasteiger partial charge in [-0.15, -0.1) is 22.9 Å². The summed E-state index contributed by atoms with van der Waals surface area (Å²) in [7, 11) is 0. The number of benzene rings is 1. The van der Waals surface area contributed by atoms with Gasteiger partial charge in [0.15, 0.2) is 0 Å². The SMILES string of the molecule is O=C(O)c1ccc(CCC[C@@H]2C(CNc3cc(Cl)cc(Cl)c3)[C@H](O)C[C@H]2Cl)s1. The lowest BCUT2D eigenvalue weighted by atomic mass is 9.89. The highest BCUT2D eigenvalue weighted by atomic mass is 35.5. The number of aryl methyl sites for hydroxylation is 1. The largest absolute Gasteiger partial charge is 0.477 e. The minimum atomic E-state index is -0.886. The van der Waals surface area contributed by atoms with E-state index >= 15 is 0 Å². The number of aliphatic hydroxyl groups excluding tert-OH is 1. The molecule has 1 aliphatic carbocycles. The fourth-order valence-corrected chi connectivity index (χ4v) is 5.76. The van der Waals surface area contributed by atoms with Crippen LogP contribution in [0.25, 0.3) is 0 Å². The first-order valence-electron chi connectivity index (χ1n) is 9.17. The van der Waals surface area contributed by atoms with E-state index in [-0.39, 0.29) is 17.2 Å². The molecule has 1 heterocycles. The van der Waals surface area contributed by atoms with Gasteiger partial charge in [0.2, 0.25) is 0 Å². The van der Waals surface area contributed by atoms with Crippen molar-refractivity contribution in [2.45, 2.75) is 37.2 Å². The van der Waals surface area contributed by atoms with E-state index in [0.29, 0.717) is 27.9 Å². The Morgan fingerprint density at radius 2 is 1.89 bits per heavy atom. The van der Waals surface area contributed by atoms with Crippen molar-refractivity contribution in [3.05, 3.63) is 50.1 Å². The molecule has 1 aromatic heterocycles. The summed E-state index contributed by atoms with van der Waals surface area (Å²) in [5.74, 6) is -0.654. The number of rotatable bonds is 8. The number of carboxylic acids is 1. The predicted octanol–water partition coefficient (Wildman–Crippen LogP) is 5.79. The average Bonchev–Trinajstić information content (AvgIpc) is 3.18. The number of alkyl halides is 1. The molecule has 3 rings (SSSR count). The Kier molecular flexibility index (Phi) is 7.51. The van der Waals surface area contributed by atoms with Gasteiger partial charge in [0.05, 0.1) is 6.10 Å². The van der Waals surface area contributed by atoms with E-state index in [9.17, 15) is 9.90 Å². The molecular formula is C20H22Cl3NO3S. The number of aliphatic hydroxyl groups is 1. The van der Waals surface area contributed by atoms with Crippen LogP contribution < -0.4 is 5.32 Å². The molecule has 4 atom stereocenters. The quantitative estimate of drug-likeness (QED) is 0.434. The topological polar surface area (TPSA) is 69.6 Å². The Labute approximate surface area is 183 Å². The number of carbonyl (C=O) groups is 1. The second-order valence-electron chi connectivity index (χ2n) is 7.15. The molecule has 8 heteroatoms. The third kappa shape index (κ3) is 5.55. The van der Waals surface area contributed by atoms with Crippen LogP contribution in [0.3, 0.4) is 0 Å². The lowest BCUT2D eigenvalue weighted by molar-refractivity contribution is 0.0702. The summed E-state index contributed by atoms with van der Waals surface area (Å²) in [6.07, 6.45) is 2.73. The summed E-state index contributed by atoms with van der Waals surface area (Å²) in [6.45, 7) is 0.591. The minimum Gasteiger partial charge on any atom is -0.477 e. The third-order valence-corrected chi connectivity index (χ3v) is 7.28. The number of thiophene rings is 1. The van der Waals surface area contributed by atoms with Gasteiger partial charge in [-0.3, -0.25) is 0 Å². The maximum atomic E-state index is 11.0. The first-order valence-corrected chi connectivity index (χ1v) is 11.2. The molecule has 2 aromatic rings. The first kappa shape index (κ1) is 21.7. The van der Waals surface area contributed by atoms with Crippen molar-refractivity contribution >= 4 is 57.8 Å². The van der Waals surface area contributed by atoms with E-state index in [1.807, 2.05) is 6.07 Å². The van der Waals surface area contributed by atoms with E-state index in [4.69, 9.17) is 39.9 Å². The summed E-state index contributed by atoms with van der Waals surface area (Å²) >= 11 is 19.9. The highest BCUT2D eigenvalue weighted by Gasteiger charge is 2.40. The first-order chi connectivity index (χ1) is 13.3. The summed E-state index contributed by atoms with van der Waals surface area (Å²) in [4.78, 5) is 12.4. The number of anilines is 1. The van der Waals surface area contributed by atoms with Crippen LogP contribution in [-0.4, -0.2) is 34.2 Å². The Morgan fingerprint density at radius 3 is 2.54 bits per heavy atom. The molecule has 1 saturated carbocycles. The van der Waals surface area contributed by atoms with Crippen LogP contribution in [0.15, 0.2) is 30.3 Å². The zero-order valence-corrected chi connectivity index (χ0v) is 18.2. The number of nitrogens with one attached hydrogen (secondary N) is 1. The molecule has 3 N–H and O–H groups in total. The monoisotopic (exact) mass is 461 g/mol. The molecule has 1 aliphatic rings. The number of carboxylic acid groups (broad SMARTS) is 1. The highest BCUT2D eigenvalue weighted by molar-refractivity contribution is 7.13. The number of halogens is 3. The van der Waals surface area contributed by atoms with Crippen molar-refractivity contribution < 1.29 is 15.0 Å². The highest BCUT2D eigenvalue weighted by Crippen LogP contribution is 2.39. The smallest absolute Gasteiger partial charge is 0.345 e. The van der Waals surface area contributed by atoms with E-state index in [2.05, 4.69) is 5.32 Å². The van der Waals surface area contributed by atoms with Gasteiger partial charge in [-0.1, -0.05) is 23.2 Å². The molecular weight excluding hydrogens is 441 g/mol. The average molecular weight is 463 g/mol. The third-order valence-electron chi connectivity index (χ3n) is 5.21. The summed E-state index contributed by atoms with van der Waals surface area (Å²) in [5, 5.41) is 23.9. The molecule has 0 bridgehead atoms. The number of aromatic carboxylic acids is 1. The molecule has 0 aliphatic heterocycles. The van der Waals surface area contributed by atoms with Crippen LogP contribution in [0.1, 0.15) is 33.8 Å². The summed E-state index contributed by atoms with van der Waals surface area (Å²) < 4.78 is 0. The molecule has 0 radical (unpaired) electrons. The zero-order valence-electron chi connectivity index (χ0n) is 15.1. The van der Waals surface area contributed by atoms with Gasteiger partial charge >= 0.3 is 5.97 Å². The van der Waals surface area contributed by atoms with Gasteiger partial charge in [-0.05, 0) is 61.9 Å². The summed E-state index contributed by atoms with van der Waals surface area (Å²) in [5.41, 5.74) is 0.821. The fourth-order valence-electron chi connectivity index (χ4n) is 3.85. The van der Waals surface area contributed by atoms with Crippen LogP contribution in [0.4, 0.5) is 5.69 Å². The molecule has 0 saturated heterocycles. The van der Waals surface area contributed by atoms with Gasteiger partial charge in [-0.25, -0.2) is 4.79 Å². The van der Waals surface area contributed by atoms with Crippen LogP contribution in [0, 0.1) is 11.8 Å². The molecule has 0 spiro atoms. The lowest BCUT2D eigenvalue weighted by Gasteiger charge is -2.24. The molecule has 1 unspecified atom stereocenters. The van der Waals surface area contributed by atoms with Crippen molar-refractivity contribution in [3.63, 3.8) is 0 Å². The normalized spacial score (nSPS) is 24.4. The van der Waals surface area contributed by atoms with E-state index in [1.54, 1.807) is 24.3 Å². The zero-order chi connectivity index (χ0) is 20.3. The maximum Gasteiger partial charge on any atom is 0.345 e. The second-order valence-corrected chi connectivity index (χ2v) is 9.75. The second kappa shape index (κ2) is 9.68. The van der Waals surface area contributed by atoms with Crippen molar-refractivity contribution in [3.8, 4) is 0 Å². The predicted molar refractivity (Wildman–Crippen MR) is 116 cm³/mol. The van der Waals surface area contributed by atoms with Crippen LogP contribution in [-0.2, 0) is 6.42 Å². The molecule has 28 heavy (non-hydrogen) atoms. The van der Waals surface area contributed by atoms with Crippen LogP contribution in [0.5, 0.6) is 0 Å². The van der Waals surface area contributed by atoms with E-state index in [1.165, 1.54) is 11.3 Å². The van der Waals surface area contributed by atoms with Crippen LogP contribution in [0.2, 0.25) is 10.0 Å². The summed E-state index contributed by atoms with van der Waals surface area (Å²) in [6, 6.07) is 8.81. The minimum absolute atomic E-state index is 0.0400. The molecule has 4 nitrogen and oxygen atoms in total. The van der Waals surface area contributed by atoms with Crippen molar-refractivity contribution in [1.82, 2.24) is 0 Å². The Bertz CT molecular complexity index is 809. The molecule has 0 amide bonds. The molecule has 152 valence electrons.